The van der Waals surface area contributed by atoms with Crippen LogP contribution in [0, 0.1) is 5.92 Å². The predicted octanol–water partition coefficient (Wildman–Crippen LogP) is 2.08. The Balaban J connectivity index is 1.39. The molecule has 132 valence electrons. The fourth-order valence-corrected chi connectivity index (χ4v) is 4.11. The van der Waals surface area contributed by atoms with Gasteiger partial charge in [-0.25, -0.2) is 0 Å². The Morgan fingerprint density at radius 3 is 2.30 bits per heavy atom. The molecule has 0 aromatic heterocycles. The zero-order valence-corrected chi connectivity index (χ0v) is 14.4. The van der Waals surface area contributed by atoms with E-state index < -0.39 is 0 Å². The number of ether oxygens (including phenoxy) is 2. The monoisotopic (exact) mass is 324 g/mol. The minimum atomic E-state index is -0.263. The molecule has 0 aromatic carbocycles. The second-order valence-electron chi connectivity index (χ2n) is 7.60. The van der Waals surface area contributed by atoms with Crippen molar-refractivity contribution in [3.8, 4) is 0 Å². The van der Waals surface area contributed by atoms with E-state index in [1.807, 2.05) is 4.90 Å². The number of likely N-dealkylation sites (tertiary alicyclic amines) is 1. The molecule has 0 bridgehead atoms. The second kappa shape index (κ2) is 7.95. The van der Waals surface area contributed by atoms with E-state index in [9.17, 15) is 4.79 Å². The van der Waals surface area contributed by atoms with Crippen LogP contribution < -0.4 is 5.73 Å². The highest BCUT2D eigenvalue weighted by molar-refractivity contribution is 5.81. The van der Waals surface area contributed by atoms with Gasteiger partial charge >= 0.3 is 0 Å². The van der Waals surface area contributed by atoms with Crippen LogP contribution in [-0.2, 0) is 14.3 Å². The van der Waals surface area contributed by atoms with Crippen LogP contribution in [0.15, 0.2) is 0 Å². The first-order chi connectivity index (χ1) is 11.2. The maximum absolute atomic E-state index is 12.5. The van der Waals surface area contributed by atoms with Gasteiger partial charge in [0.25, 0.3) is 5.91 Å². The molecule has 2 saturated heterocycles. The largest absolute Gasteiger partial charge is 0.375 e. The lowest BCUT2D eigenvalue weighted by Gasteiger charge is -2.36. The Hall–Kier alpha value is -0.650. The van der Waals surface area contributed by atoms with E-state index in [1.165, 1.54) is 25.7 Å². The molecule has 0 spiro atoms. The first-order valence-electron chi connectivity index (χ1n) is 9.45. The van der Waals surface area contributed by atoms with Crippen LogP contribution in [0.4, 0.5) is 0 Å². The van der Waals surface area contributed by atoms with E-state index in [0.29, 0.717) is 18.8 Å². The number of amides is 1. The number of hydrogen-bond acceptors (Lipinski definition) is 4. The van der Waals surface area contributed by atoms with Gasteiger partial charge < -0.3 is 20.1 Å². The maximum Gasteiger partial charge on any atom is 0.251 e. The van der Waals surface area contributed by atoms with Crippen molar-refractivity contribution in [1.82, 2.24) is 4.90 Å². The quantitative estimate of drug-likeness (QED) is 0.860. The van der Waals surface area contributed by atoms with Crippen LogP contribution >= 0.6 is 0 Å². The van der Waals surface area contributed by atoms with E-state index in [1.54, 1.807) is 0 Å². The van der Waals surface area contributed by atoms with E-state index >= 15 is 0 Å². The van der Waals surface area contributed by atoms with Crippen molar-refractivity contribution >= 4 is 5.91 Å². The van der Waals surface area contributed by atoms with Crippen molar-refractivity contribution in [2.75, 3.05) is 19.6 Å². The van der Waals surface area contributed by atoms with Gasteiger partial charge in [0, 0.05) is 19.6 Å². The summed E-state index contributed by atoms with van der Waals surface area (Å²) in [4.78, 5) is 14.5. The Morgan fingerprint density at radius 1 is 1.04 bits per heavy atom. The van der Waals surface area contributed by atoms with Crippen molar-refractivity contribution < 1.29 is 14.3 Å². The summed E-state index contributed by atoms with van der Waals surface area (Å²) in [6.07, 6.45) is 9.24. The van der Waals surface area contributed by atoms with Gasteiger partial charge in [0.1, 0.15) is 6.10 Å². The molecule has 1 amide bonds. The van der Waals surface area contributed by atoms with Gasteiger partial charge in [0.05, 0.1) is 18.3 Å². The van der Waals surface area contributed by atoms with E-state index in [-0.39, 0.29) is 18.1 Å². The molecule has 0 radical (unpaired) electrons. The topological polar surface area (TPSA) is 64.8 Å². The average Bonchev–Trinajstić information content (AvgIpc) is 3.06. The number of nitrogens with two attached hydrogens (primary N) is 1. The molecule has 23 heavy (non-hydrogen) atoms. The van der Waals surface area contributed by atoms with Gasteiger partial charge in [-0.2, -0.15) is 0 Å². The molecule has 2 atom stereocenters. The molecule has 0 unspecified atom stereocenters. The first-order valence-corrected chi connectivity index (χ1v) is 9.45. The summed E-state index contributed by atoms with van der Waals surface area (Å²) in [6, 6.07) is 0. The van der Waals surface area contributed by atoms with Crippen molar-refractivity contribution in [2.45, 2.75) is 82.7 Å². The minimum Gasteiger partial charge on any atom is -0.375 e. The molecule has 5 nitrogen and oxygen atoms in total. The molecule has 2 heterocycles. The van der Waals surface area contributed by atoms with Gasteiger partial charge in [0.2, 0.25) is 0 Å². The number of carbonyl (C=O) groups excluding carboxylic acids is 1. The zero-order valence-electron chi connectivity index (χ0n) is 14.4. The fourth-order valence-electron chi connectivity index (χ4n) is 4.11. The first kappa shape index (κ1) is 17.2. The summed E-state index contributed by atoms with van der Waals surface area (Å²) in [5, 5.41) is 0. The SMILES string of the molecule is CC1CCC(OC2CCN(C(=O)[C@@H]3CC[C@H](CN)O3)CC2)CC1. The molecule has 3 fully saturated rings. The number of nitrogens with zero attached hydrogens (tertiary/aromatic N) is 1. The normalized spacial score (nSPS) is 36.3. The highest BCUT2D eigenvalue weighted by atomic mass is 16.5. The summed E-state index contributed by atoms with van der Waals surface area (Å²) in [5.41, 5.74) is 5.62. The summed E-state index contributed by atoms with van der Waals surface area (Å²) in [6.45, 7) is 4.46. The molecule has 3 rings (SSSR count). The standard InChI is InChI=1S/C18H32N2O3/c1-13-2-4-14(5-3-13)22-15-8-10-20(11-9-15)18(21)17-7-6-16(12-19)23-17/h13-17H,2-12,19H2,1H3/t13?,14?,16-,17+/m1/s1. The van der Waals surface area contributed by atoms with Gasteiger partial charge in [-0.1, -0.05) is 6.92 Å². The molecule has 1 saturated carbocycles. The van der Waals surface area contributed by atoms with Gasteiger partial charge in [-0.3, -0.25) is 4.79 Å². The number of carbonyl (C=O) groups is 1. The van der Waals surface area contributed by atoms with E-state index in [0.717, 1.165) is 44.7 Å². The van der Waals surface area contributed by atoms with Gasteiger partial charge in [0.15, 0.2) is 0 Å². The summed E-state index contributed by atoms with van der Waals surface area (Å²) >= 11 is 0. The smallest absolute Gasteiger partial charge is 0.251 e. The third kappa shape index (κ3) is 4.46. The van der Waals surface area contributed by atoms with E-state index in [2.05, 4.69) is 6.92 Å². The highest BCUT2D eigenvalue weighted by Crippen LogP contribution is 2.29. The number of hydrogen-bond donors (Lipinski definition) is 1. The molecule has 2 N–H and O–H groups in total. The molecular weight excluding hydrogens is 292 g/mol. The van der Waals surface area contributed by atoms with Crippen LogP contribution in [0.2, 0.25) is 0 Å². The van der Waals surface area contributed by atoms with Crippen molar-refractivity contribution in [1.29, 1.82) is 0 Å². The Morgan fingerprint density at radius 2 is 1.70 bits per heavy atom. The maximum atomic E-state index is 12.5. The molecule has 5 heteroatoms. The Kier molecular flexibility index (Phi) is 5.94. The highest BCUT2D eigenvalue weighted by Gasteiger charge is 2.35. The summed E-state index contributed by atoms with van der Waals surface area (Å²) in [7, 11) is 0. The second-order valence-corrected chi connectivity index (χ2v) is 7.60. The lowest BCUT2D eigenvalue weighted by molar-refractivity contribution is -0.146. The van der Waals surface area contributed by atoms with E-state index in [4.69, 9.17) is 15.2 Å². The summed E-state index contributed by atoms with van der Waals surface area (Å²) < 4.78 is 12.0. The van der Waals surface area contributed by atoms with Crippen molar-refractivity contribution in [2.24, 2.45) is 11.7 Å². The van der Waals surface area contributed by atoms with Crippen LogP contribution in [-0.4, -0.2) is 54.9 Å². The molecule has 0 aromatic rings. The fraction of sp³-hybridized carbons (Fsp3) is 0.944. The molecule has 1 aliphatic carbocycles. The van der Waals surface area contributed by atoms with Crippen LogP contribution in [0.1, 0.15) is 58.3 Å². The molecule has 3 aliphatic rings. The van der Waals surface area contributed by atoms with Gasteiger partial charge in [-0.15, -0.1) is 0 Å². The van der Waals surface area contributed by atoms with Crippen LogP contribution in [0.25, 0.3) is 0 Å². The summed E-state index contributed by atoms with van der Waals surface area (Å²) in [5.74, 6) is 1.02. The Labute approximate surface area is 139 Å². The third-order valence-electron chi connectivity index (χ3n) is 5.75. The minimum absolute atomic E-state index is 0.0681. The lowest BCUT2D eigenvalue weighted by Crippen LogP contribution is -2.46. The molecule has 2 aliphatic heterocycles. The van der Waals surface area contributed by atoms with Crippen LogP contribution in [0.5, 0.6) is 0 Å². The zero-order chi connectivity index (χ0) is 16.2. The number of rotatable bonds is 4. The third-order valence-corrected chi connectivity index (χ3v) is 5.75. The molecular formula is C18H32N2O3. The van der Waals surface area contributed by atoms with Crippen molar-refractivity contribution in [3.05, 3.63) is 0 Å². The van der Waals surface area contributed by atoms with Crippen molar-refractivity contribution in [3.63, 3.8) is 0 Å². The average molecular weight is 324 g/mol. The van der Waals surface area contributed by atoms with Gasteiger partial charge in [-0.05, 0) is 57.3 Å². The Bertz CT molecular complexity index is 388. The lowest BCUT2D eigenvalue weighted by atomic mass is 9.88. The van der Waals surface area contributed by atoms with Crippen LogP contribution in [0.3, 0.4) is 0 Å². The predicted molar refractivity (Wildman–Crippen MR) is 89.1 cm³/mol. The number of piperidine rings is 1.